The van der Waals surface area contributed by atoms with Crippen molar-refractivity contribution in [3.8, 4) is 11.1 Å². The summed E-state index contributed by atoms with van der Waals surface area (Å²) in [7, 11) is 1.81. The van der Waals surface area contributed by atoms with E-state index in [9.17, 15) is 4.79 Å². The first-order valence-electron chi connectivity index (χ1n) is 9.19. The van der Waals surface area contributed by atoms with Gasteiger partial charge in [-0.25, -0.2) is 4.79 Å². The minimum absolute atomic E-state index is 0.0493. The maximum atomic E-state index is 11.7. The zero-order valence-electron chi connectivity index (χ0n) is 15.4. The number of fused-ring (bicyclic) bond motifs is 1. The van der Waals surface area contributed by atoms with Crippen LogP contribution < -0.4 is 5.32 Å². The van der Waals surface area contributed by atoms with Crippen molar-refractivity contribution < 1.29 is 9.53 Å². The second-order valence-electron chi connectivity index (χ2n) is 7.10. The van der Waals surface area contributed by atoms with E-state index in [-0.39, 0.29) is 6.03 Å². The number of nitrogens with one attached hydrogen (secondary N) is 1. The van der Waals surface area contributed by atoms with Crippen LogP contribution in [0.3, 0.4) is 0 Å². The van der Waals surface area contributed by atoms with Crippen LogP contribution in [0.25, 0.3) is 11.1 Å². The van der Waals surface area contributed by atoms with Gasteiger partial charge >= 0.3 is 6.03 Å². The maximum absolute atomic E-state index is 11.7. The lowest BCUT2D eigenvalue weighted by atomic mass is 9.98. The first kappa shape index (κ1) is 17.1. The highest BCUT2D eigenvalue weighted by molar-refractivity contribution is 5.92. The number of anilines is 1. The van der Waals surface area contributed by atoms with Crippen LogP contribution in [0.15, 0.2) is 42.5 Å². The van der Waals surface area contributed by atoms with Gasteiger partial charge in [0, 0.05) is 38.4 Å². The van der Waals surface area contributed by atoms with Crippen molar-refractivity contribution in [3.63, 3.8) is 0 Å². The Hall–Kier alpha value is -2.37. The quantitative estimate of drug-likeness (QED) is 0.916. The molecule has 5 nitrogen and oxygen atoms in total. The van der Waals surface area contributed by atoms with Crippen LogP contribution in [0.2, 0.25) is 0 Å². The van der Waals surface area contributed by atoms with E-state index in [1.807, 2.05) is 13.1 Å². The average molecular weight is 351 g/mol. The zero-order chi connectivity index (χ0) is 18.1. The number of benzene rings is 2. The lowest BCUT2D eigenvalue weighted by Crippen LogP contribution is -2.37. The third-order valence-corrected chi connectivity index (χ3v) is 5.42. The number of rotatable bonds is 3. The predicted molar refractivity (Wildman–Crippen MR) is 103 cm³/mol. The Balaban J connectivity index is 1.53. The van der Waals surface area contributed by atoms with E-state index in [1.54, 1.807) is 4.90 Å². The monoisotopic (exact) mass is 351 g/mol. The number of carbonyl (C=O) groups is 1. The first-order chi connectivity index (χ1) is 12.6. The van der Waals surface area contributed by atoms with Crippen LogP contribution in [0.5, 0.6) is 0 Å². The van der Waals surface area contributed by atoms with Crippen molar-refractivity contribution in [2.75, 3.05) is 38.7 Å². The lowest BCUT2D eigenvalue weighted by Gasteiger charge is -2.32. The maximum Gasteiger partial charge on any atom is 0.321 e. The second-order valence-corrected chi connectivity index (χ2v) is 7.10. The number of amides is 2. The van der Waals surface area contributed by atoms with Gasteiger partial charge in [-0.05, 0) is 41.3 Å². The largest absolute Gasteiger partial charge is 0.379 e. The Bertz CT molecular complexity index is 797. The third-order valence-electron chi connectivity index (χ3n) is 5.42. The molecule has 1 fully saturated rings. The molecule has 136 valence electrons. The van der Waals surface area contributed by atoms with Crippen LogP contribution in [0.1, 0.15) is 24.1 Å². The fourth-order valence-electron chi connectivity index (χ4n) is 3.69. The SMILES string of the molecule is C[C@H](c1ccc(-c2ccc3c(c2)CN(C)C(=O)N3)cc1)N1CCOCC1. The van der Waals surface area contributed by atoms with Crippen molar-refractivity contribution in [1.82, 2.24) is 9.80 Å². The molecule has 0 radical (unpaired) electrons. The van der Waals surface area contributed by atoms with Gasteiger partial charge < -0.3 is 15.0 Å². The van der Waals surface area contributed by atoms with Crippen molar-refractivity contribution in [2.24, 2.45) is 0 Å². The summed E-state index contributed by atoms with van der Waals surface area (Å²) in [4.78, 5) is 15.9. The number of hydrogen-bond donors (Lipinski definition) is 1. The topological polar surface area (TPSA) is 44.8 Å². The molecule has 0 spiro atoms. The fourth-order valence-corrected chi connectivity index (χ4v) is 3.69. The molecule has 26 heavy (non-hydrogen) atoms. The highest BCUT2D eigenvalue weighted by Gasteiger charge is 2.20. The van der Waals surface area contributed by atoms with Crippen LogP contribution in [-0.4, -0.2) is 49.2 Å². The summed E-state index contributed by atoms with van der Waals surface area (Å²) in [6.45, 7) is 6.53. The molecule has 0 aromatic heterocycles. The number of carbonyl (C=O) groups excluding carboxylic acids is 1. The van der Waals surface area contributed by atoms with Gasteiger partial charge in [-0.2, -0.15) is 0 Å². The van der Waals surface area contributed by atoms with E-state index in [0.29, 0.717) is 12.6 Å². The van der Waals surface area contributed by atoms with Crippen LogP contribution in [-0.2, 0) is 11.3 Å². The summed E-state index contributed by atoms with van der Waals surface area (Å²) in [6.07, 6.45) is 0. The number of hydrogen-bond acceptors (Lipinski definition) is 3. The average Bonchev–Trinajstić information content (AvgIpc) is 2.69. The Morgan fingerprint density at radius 3 is 2.46 bits per heavy atom. The number of morpholine rings is 1. The van der Waals surface area contributed by atoms with Gasteiger partial charge in [0.25, 0.3) is 0 Å². The molecule has 0 unspecified atom stereocenters. The summed E-state index contributed by atoms with van der Waals surface area (Å²) in [5.41, 5.74) is 5.77. The minimum atomic E-state index is -0.0493. The molecule has 2 heterocycles. The Labute approximate surface area is 154 Å². The summed E-state index contributed by atoms with van der Waals surface area (Å²) < 4.78 is 5.45. The van der Waals surface area contributed by atoms with E-state index < -0.39 is 0 Å². The summed E-state index contributed by atoms with van der Waals surface area (Å²) in [5.74, 6) is 0. The molecule has 0 saturated carbocycles. The molecule has 1 atom stereocenters. The van der Waals surface area contributed by atoms with Gasteiger partial charge in [-0.3, -0.25) is 4.90 Å². The molecule has 1 saturated heterocycles. The molecule has 2 aliphatic heterocycles. The van der Waals surface area contributed by atoms with Gasteiger partial charge in [0.1, 0.15) is 0 Å². The van der Waals surface area contributed by atoms with E-state index in [4.69, 9.17) is 4.74 Å². The Morgan fingerprint density at radius 1 is 1.04 bits per heavy atom. The highest BCUT2D eigenvalue weighted by atomic mass is 16.5. The molecule has 2 amide bonds. The molecular weight excluding hydrogens is 326 g/mol. The predicted octanol–water partition coefficient (Wildman–Crippen LogP) is 3.72. The van der Waals surface area contributed by atoms with Crippen LogP contribution in [0, 0.1) is 0 Å². The molecule has 2 aliphatic rings. The van der Waals surface area contributed by atoms with Gasteiger partial charge in [0.15, 0.2) is 0 Å². The summed E-state index contributed by atoms with van der Waals surface area (Å²) >= 11 is 0. The van der Waals surface area contributed by atoms with Crippen molar-refractivity contribution >= 4 is 11.7 Å². The molecule has 0 aliphatic carbocycles. The Morgan fingerprint density at radius 2 is 1.73 bits per heavy atom. The number of nitrogens with zero attached hydrogens (tertiary/aromatic N) is 2. The fraction of sp³-hybridized carbons (Fsp3) is 0.381. The molecule has 1 N–H and O–H groups in total. The highest BCUT2D eigenvalue weighted by Crippen LogP contribution is 2.30. The summed E-state index contributed by atoms with van der Waals surface area (Å²) in [5, 5.41) is 2.92. The molecule has 2 aromatic carbocycles. The van der Waals surface area contributed by atoms with Gasteiger partial charge in [-0.15, -0.1) is 0 Å². The van der Waals surface area contributed by atoms with Crippen molar-refractivity contribution in [3.05, 3.63) is 53.6 Å². The van der Waals surface area contributed by atoms with E-state index in [1.165, 1.54) is 16.7 Å². The normalized spacial score (nSPS) is 19.0. The molecule has 0 bridgehead atoms. The van der Waals surface area contributed by atoms with Gasteiger partial charge in [-0.1, -0.05) is 30.3 Å². The standard InChI is InChI=1S/C21H25N3O2/c1-15(24-9-11-26-12-10-24)16-3-5-17(6-4-16)18-7-8-20-19(13-18)14-23(2)21(25)22-20/h3-8,13,15H,9-12,14H2,1-2H3,(H,22,25)/t15-/m1/s1. The minimum Gasteiger partial charge on any atom is -0.379 e. The zero-order valence-corrected chi connectivity index (χ0v) is 15.4. The number of urea groups is 1. The van der Waals surface area contributed by atoms with Crippen molar-refractivity contribution in [1.29, 1.82) is 0 Å². The lowest BCUT2D eigenvalue weighted by molar-refractivity contribution is 0.0198. The molecular formula is C21H25N3O2. The smallest absolute Gasteiger partial charge is 0.321 e. The van der Waals surface area contributed by atoms with Crippen LogP contribution in [0.4, 0.5) is 10.5 Å². The third kappa shape index (κ3) is 3.32. The first-order valence-corrected chi connectivity index (χ1v) is 9.19. The van der Waals surface area contributed by atoms with Gasteiger partial charge in [0.05, 0.1) is 13.2 Å². The summed E-state index contributed by atoms with van der Waals surface area (Å²) in [6, 6.07) is 15.4. The molecule has 4 rings (SSSR count). The van der Waals surface area contributed by atoms with E-state index in [0.717, 1.165) is 37.6 Å². The second kappa shape index (κ2) is 7.09. The van der Waals surface area contributed by atoms with Crippen LogP contribution >= 0.6 is 0 Å². The number of ether oxygens (including phenoxy) is 1. The van der Waals surface area contributed by atoms with Crippen molar-refractivity contribution in [2.45, 2.75) is 19.5 Å². The van der Waals surface area contributed by atoms with E-state index in [2.05, 4.69) is 53.5 Å². The molecule has 2 aromatic rings. The Kier molecular flexibility index (Phi) is 4.66. The van der Waals surface area contributed by atoms with E-state index >= 15 is 0 Å². The molecule has 5 heteroatoms. The van der Waals surface area contributed by atoms with Gasteiger partial charge in [0.2, 0.25) is 0 Å².